The van der Waals surface area contributed by atoms with E-state index in [0.717, 1.165) is 57.8 Å². The second-order valence-electron chi connectivity index (χ2n) is 10.1. The van der Waals surface area contributed by atoms with Crippen LogP contribution >= 0.6 is 12.0 Å². The SMILES string of the molecule is CCCCCCCCOC(=O)CC(SOOO)C(=O)OC(CCCCCCCC)CCCCCCCC. The van der Waals surface area contributed by atoms with E-state index in [9.17, 15) is 9.59 Å². The number of carbonyl (C=O) groups is 2. The third-order valence-electron chi connectivity index (χ3n) is 6.60. The van der Waals surface area contributed by atoms with Crippen molar-refractivity contribution in [2.75, 3.05) is 6.61 Å². The molecule has 0 spiro atoms. The fourth-order valence-electron chi connectivity index (χ4n) is 4.31. The van der Waals surface area contributed by atoms with Crippen molar-refractivity contribution in [2.24, 2.45) is 0 Å². The minimum atomic E-state index is -0.958. The minimum Gasteiger partial charge on any atom is -0.466 e. The van der Waals surface area contributed by atoms with Crippen molar-refractivity contribution >= 4 is 24.0 Å². The van der Waals surface area contributed by atoms with Crippen molar-refractivity contribution < 1.29 is 33.7 Å². The molecule has 0 rings (SSSR count). The second kappa shape index (κ2) is 28.2. The molecule has 0 aliphatic carbocycles. The highest BCUT2D eigenvalue weighted by atomic mass is 32.2. The summed E-state index contributed by atoms with van der Waals surface area (Å²) in [5.74, 6) is -1.01. The van der Waals surface area contributed by atoms with Crippen LogP contribution in [-0.2, 0) is 28.4 Å². The lowest BCUT2D eigenvalue weighted by atomic mass is 10.0. The summed E-state index contributed by atoms with van der Waals surface area (Å²) in [6.07, 6.45) is 22.0. The van der Waals surface area contributed by atoms with Crippen LogP contribution in [0.1, 0.15) is 156 Å². The van der Waals surface area contributed by atoms with Crippen LogP contribution < -0.4 is 0 Å². The Balaban J connectivity index is 4.67. The zero-order valence-electron chi connectivity index (χ0n) is 24.0. The highest BCUT2D eigenvalue weighted by molar-refractivity contribution is 7.95. The van der Waals surface area contributed by atoms with Crippen molar-refractivity contribution in [2.45, 2.75) is 167 Å². The molecule has 0 radical (unpaired) electrons. The van der Waals surface area contributed by atoms with Crippen LogP contribution in [0.4, 0.5) is 0 Å². The third kappa shape index (κ3) is 24.0. The molecule has 1 atom stereocenters. The number of rotatable bonds is 28. The van der Waals surface area contributed by atoms with Crippen molar-refractivity contribution in [3.8, 4) is 0 Å². The molecule has 8 heteroatoms. The lowest BCUT2D eigenvalue weighted by molar-refractivity contribution is -0.432. The molecular weight excluding hydrogens is 492 g/mol. The van der Waals surface area contributed by atoms with E-state index in [1.165, 1.54) is 70.6 Å². The fourth-order valence-corrected chi connectivity index (χ4v) is 4.78. The summed E-state index contributed by atoms with van der Waals surface area (Å²) >= 11 is 0.580. The Morgan fingerprint density at radius 3 is 1.62 bits per heavy atom. The van der Waals surface area contributed by atoms with E-state index < -0.39 is 17.2 Å². The van der Waals surface area contributed by atoms with Gasteiger partial charge in [-0.3, -0.25) is 9.59 Å². The molecule has 1 unspecified atom stereocenters. The molecule has 0 heterocycles. The van der Waals surface area contributed by atoms with Crippen LogP contribution in [0.25, 0.3) is 0 Å². The van der Waals surface area contributed by atoms with Crippen LogP contribution in [0.15, 0.2) is 0 Å². The van der Waals surface area contributed by atoms with Crippen LogP contribution in [0.3, 0.4) is 0 Å². The molecule has 37 heavy (non-hydrogen) atoms. The molecular formula is C29H56O7S. The van der Waals surface area contributed by atoms with Crippen molar-refractivity contribution in [1.82, 2.24) is 0 Å². The number of hydrogen-bond donors (Lipinski definition) is 1. The summed E-state index contributed by atoms with van der Waals surface area (Å²) < 4.78 is 15.7. The molecule has 7 nitrogen and oxygen atoms in total. The summed E-state index contributed by atoms with van der Waals surface area (Å²) in [5.41, 5.74) is 0. The van der Waals surface area contributed by atoms with Gasteiger partial charge in [0.15, 0.2) is 0 Å². The Morgan fingerprint density at radius 2 is 1.14 bits per heavy atom. The largest absolute Gasteiger partial charge is 0.466 e. The van der Waals surface area contributed by atoms with E-state index in [2.05, 4.69) is 30.1 Å². The Kier molecular flexibility index (Phi) is 27.6. The predicted octanol–water partition coefficient (Wildman–Crippen LogP) is 9.13. The number of esters is 2. The summed E-state index contributed by atoms with van der Waals surface area (Å²) in [7, 11) is 0. The number of ether oxygens (including phenoxy) is 2. The topological polar surface area (TPSA) is 91.3 Å². The molecule has 0 fully saturated rings. The van der Waals surface area contributed by atoms with Gasteiger partial charge in [-0.1, -0.05) is 122 Å². The molecule has 0 saturated heterocycles. The summed E-state index contributed by atoms with van der Waals surface area (Å²) in [5, 5.41) is 11.3. The first-order chi connectivity index (χ1) is 18.1. The average molecular weight is 549 g/mol. The summed E-state index contributed by atoms with van der Waals surface area (Å²) in [6.45, 7) is 6.94. The van der Waals surface area contributed by atoms with Gasteiger partial charge < -0.3 is 9.47 Å². The Morgan fingerprint density at radius 1 is 0.676 bits per heavy atom. The molecule has 0 aliphatic rings. The first-order valence-corrected chi connectivity index (χ1v) is 15.9. The highest BCUT2D eigenvalue weighted by Gasteiger charge is 2.29. The minimum absolute atomic E-state index is 0.179. The van der Waals surface area contributed by atoms with E-state index in [4.69, 9.17) is 14.7 Å². The molecule has 0 aliphatic heterocycles. The van der Waals surface area contributed by atoms with Gasteiger partial charge in [-0.05, 0) is 32.1 Å². The van der Waals surface area contributed by atoms with Gasteiger partial charge in [-0.2, -0.15) is 0 Å². The first-order valence-electron chi connectivity index (χ1n) is 15.1. The zero-order chi connectivity index (χ0) is 27.4. The monoisotopic (exact) mass is 548 g/mol. The molecule has 0 aromatic heterocycles. The normalized spacial score (nSPS) is 12.1. The number of carbonyl (C=O) groups excluding carboxylic acids is 2. The van der Waals surface area contributed by atoms with Gasteiger partial charge in [-0.15, -0.1) is 4.33 Å². The molecule has 0 aromatic rings. The van der Waals surface area contributed by atoms with Gasteiger partial charge in [0.1, 0.15) is 11.4 Å². The van der Waals surface area contributed by atoms with Gasteiger partial charge in [-0.25, -0.2) is 5.26 Å². The van der Waals surface area contributed by atoms with E-state index >= 15 is 0 Å². The fraction of sp³-hybridized carbons (Fsp3) is 0.931. The van der Waals surface area contributed by atoms with E-state index in [0.29, 0.717) is 18.6 Å². The van der Waals surface area contributed by atoms with Gasteiger partial charge in [0, 0.05) is 0 Å². The molecule has 0 aromatic carbocycles. The zero-order valence-corrected chi connectivity index (χ0v) is 24.8. The summed E-state index contributed by atoms with van der Waals surface area (Å²) in [4.78, 5) is 25.3. The summed E-state index contributed by atoms with van der Waals surface area (Å²) in [6, 6.07) is 0. The van der Waals surface area contributed by atoms with Crippen LogP contribution in [0, 0.1) is 0 Å². The maximum Gasteiger partial charge on any atom is 0.322 e. The van der Waals surface area contributed by atoms with E-state index in [1.807, 2.05) is 0 Å². The van der Waals surface area contributed by atoms with Crippen LogP contribution in [-0.4, -0.2) is 35.2 Å². The molecule has 0 amide bonds. The Labute approximate surface area is 231 Å². The predicted molar refractivity (Wildman–Crippen MR) is 151 cm³/mol. The van der Waals surface area contributed by atoms with E-state index in [1.54, 1.807) is 0 Å². The maximum absolute atomic E-state index is 13.0. The first kappa shape index (κ1) is 36.2. The lowest BCUT2D eigenvalue weighted by Gasteiger charge is -2.21. The van der Waals surface area contributed by atoms with Crippen molar-refractivity contribution in [3.63, 3.8) is 0 Å². The molecule has 220 valence electrons. The molecule has 1 N–H and O–H groups in total. The second-order valence-corrected chi connectivity index (χ2v) is 11.0. The Bertz CT molecular complexity index is 502. The van der Waals surface area contributed by atoms with Crippen LogP contribution in [0.2, 0.25) is 0 Å². The quantitative estimate of drug-likeness (QED) is 0.0340. The highest BCUT2D eigenvalue weighted by Crippen LogP contribution is 2.23. The smallest absolute Gasteiger partial charge is 0.322 e. The molecule has 0 saturated carbocycles. The van der Waals surface area contributed by atoms with Gasteiger partial charge in [0.05, 0.1) is 25.1 Å². The average Bonchev–Trinajstić information content (AvgIpc) is 2.89. The third-order valence-corrected chi connectivity index (χ3v) is 7.33. The lowest BCUT2D eigenvalue weighted by Crippen LogP contribution is -2.29. The van der Waals surface area contributed by atoms with Gasteiger partial charge in [0.25, 0.3) is 0 Å². The molecule has 0 bridgehead atoms. The van der Waals surface area contributed by atoms with Crippen LogP contribution in [0.5, 0.6) is 0 Å². The standard InChI is InChI=1S/C29H56O7S/c1-4-7-10-13-16-19-22-26(23-20-17-14-11-8-5-2)34-29(31)27(37-36-35-32)25-28(30)33-24-21-18-15-12-9-6-3/h26-27,32H,4-25H2,1-3H3. The maximum atomic E-state index is 13.0. The van der Waals surface area contributed by atoms with Gasteiger partial charge in [0.2, 0.25) is 0 Å². The van der Waals surface area contributed by atoms with Crippen molar-refractivity contribution in [3.05, 3.63) is 0 Å². The van der Waals surface area contributed by atoms with Gasteiger partial charge >= 0.3 is 11.9 Å². The Hall–Kier alpha value is -0.830. The number of hydrogen-bond acceptors (Lipinski definition) is 8. The van der Waals surface area contributed by atoms with Crippen molar-refractivity contribution in [1.29, 1.82) is 0 Å². The van der Waals surface area contributed by atoms with E-state index in [-0.39, 0.29) is 12.5 Å². The number of unbranched alkanes of at least 4 members (excludes halogenated alkanes) is 15.